The summed E-state index contributed by atoms with van der Waals surface area (Å²) in [7, 11) is -6.21. The molecule has 0 radical (unpaired) electrons. The molecule has 12 heteroatoms. The monoisotopic (exact) mass is 427 g/mol. The van der Waals surface area contributed by atoms with Crippen molar-refractivity contribution >= 4 is 31.4 Å². The summed E-state index contributed by atoms with van der Waals surface area (Å²) >= 11 is 0.696. The van der Waals surface area contributed by atoms with Gasteiger partial charge in [0.25, 0.3) is 10.0 Å². The van der Waals surface area contributed by atoms with E-state index in [4.69, 9.17) is 14.6 Å². The maximum Gasteiger partial charge on any atom is 0.252 e. The summed E-state index contributed by atoms with van der Waals surface area (Å²) in [5.41, 5.74) is 0.460. The van der Waals surface area contributed by atoms with E-state index in [0.29, 0.717) is 36.5 Å². The minimum atomic E-state index is -3.96. The molecule has 2 heterocycles. The number of hydrogen-bond donors (Lipinski definition) is 2. The van der Waals surface area contributed by atoms with Crippen molar-refractivity contribution in [3.05, 3.63) is 11.6 Å². The van der Waals surface area contributed by atoms with Gasteiger partial charge in [-0.05, 0) is 26.0 Å². The second kappa shape index (κ2) is 8.61. The Hall–Kier alpha value is -0.600. The third-order valence-electron chi connectivity index (χ3n) is 4.01. The average Bonchev–Trinajstić information content (AvgIpc) is 3.02. The van der Waals surface area contributed by atoms with E-state index < -0.39 is 20.0 Å². The van der Waals surface area contributed by atoms with Gasteiger partial charge < -0.3 is 14.8 Å². The van der Waals surface area contributed by atoms with Crippen LogP contribution in [0.25, 0.3) is 0 Å². The molecule has 1 aliphatic rings. The lowest BCUT2D eigenvalue weighted by Crippen LogP contribution is -2.43. The van der Waals surface area contributed by atoms with Gasteiger partial charge in [0.2, 0.25) is 10.0 Å². The van der Waals surface area contributed by atoms with Crippen LogP contribution in [0.15, 0.2) is 14.5 Å². The minimum absolute atomic E-state index is 0.0323. The molecule has 0 saturated heterocycles. The topological polar surface area (TPSA) is 128 Å². The summed E-state index contributed by atoms with van der Waals surface area (Å²) in [6.07, 6.45) is 0.137. The zero-order valence-electron chi connectivity index (χ0n) is 15.0. The van der Waals surface area contributed by atoms with Gasteiger partial charge in [-0.3, -0.25) is 0 Å². The van der Waals surface area contributed by atoms with Gasteiger partial charge in [0, 0.05) is 31.8 Å². The highest BCUT2D eigenvalue weighted by molar-refractivity contribution is 7.94. The number of nitrogens with one attached hydrogen (secondary N) is 1. The normalized spacial score (nSPS) is 21.5. The number of nitrogens with zero attached hydrogens (tertiary/aromatic N) is 1. The van der Waals surface area contributed by atoms with E-state index in [0.717, 1.165) is 0 Å². The number of hydrogen-bond acceptors (Lipinski definition) is 8. The molecule has 2 atom stereocenters. The molecular formula is C14H25N3O6S3. The molecule has 0 bridgehead atoms. The van der Waals surface area contributed by atoms with Crippen LogP contribution in [-0.4, -0.2) is 60.8 Å². The van der Waals surface area contributed by atoms with Gasteiger partial charge in [-0.2, -0.15) is 4.31 Å². The number of ether oxygens (including phenoxy) is 2. The summed E-state index contributed by atoms with van der Waals surface area (Å²) in [6.45, 7) is 5.12. The number of primary sulfonamides is 1. The quantitative estimate of drug-likeness (QED) is 0.432. The van der Waals surface area contributed by atoms with Crippen molar-refractivity contribution in [2.24, 2.45) is 5.14 Å². The molecule has 1 aromatic rings. The van der Waals surface area contributed by atoms with E-state index in [1.165, 1.54) is 17.5 Å². The fourth-order valence-corrected chi connectivity index (χ4v) is 6.97. The molecule has 1 aliphatic heterocycles. The lowest BCUT2D eigenvalue weighted by molar-refractivity contribution is -0.111. The van der Waals surface area contributed by atoms with Crippen LogP contribution in [-0.2, 0) is 29.5 Å². The van der Waals surface area contributed by atoms with Crippen LogP contribution in [0.2, 0.25) is 0 Å². The molecule has 1 aromatic heterocycles. The van der Waals surface area contributed by atoms with Gasteiger partial charge in [-0.15, -0.1) is 11.3 Å². The van der Waals surface area contributed by atoms with Crippen molar-refractivity contribution in [2.45, 2.75) is 41.0 Å². The highest BCUT2D eigenvalue weighted by atomic mass is 32.3. The third-order valence-corrected chi connectivity index (χ3v) is 8.97. The lowest BCUT2D eigenvalue weighted by Gasteiger charge is -2.32. The minimum Gasteiger partial charge on any atom is -0.356 e. The predicted molar refractivity (Wildman–Crippen MR) is 97.9 cm³/mol. The second-order valence-corrected chi connectivity index (χ2v) is 10.8. The van der Waals surface area contributed by atoms with E-state index in [-0.39, 0.29) is 33.8 Å². The molecule has 9 nitrogen and oxygen atoms in total. The van der Waals surface area contributed by atoms with Crippen molar-refractivity contribution < 1.29 is 26.3 Å². The van der Waals surface area contributed by atoms with E-state index >= 15 is 0 Å². The Morgan fingerprint density at radius 2 is 2.19 bits per heavy atom. The Kier molecular flexibility index (Phi) is 7.18. The van der Waals surface area contributed by atoms with Crippen LogP contribution < -0.4 is 10.5 Å². The van der Waals surface area contributed by atoms with Crippen LogP contribution in [0.5, 0.6) is 0 Å². The molecule has 0 aromatic carbocycles. The molecule has 150 valence electrons. The van der Waals surface area contributed by atoms with Crippen molar-refractivity contribution in [2.75, 3.05) is 33.4 Å². The number of sulfonamides is 2. The van der Waals surface area contributed by atoms with Crippen molar-refractivity contribution in [1.82, 2.24) is 9.62 Å². The average molecular weight is 428 g/mol. The van der Waals surface area contributed by atoms with Gasteiger partial charge >= 0.3 is 0 Å². The Morgan fingerprint density at radius 1 is 1.50 bits per heavy atom. The zero-order valence-corrected chi connectivity index (χ0v) is 17.4. The standard InChI is InChI=1S/C14H25N3O6S3/c1-4-16-12-9-17(6-5-7-23-10(2)22-3)26(20,21)14-11(12)8-13(24-14)25(15,18)19/h8,10,12,16H,4-7,9H2,1-3H3,(H2,15,18,19). The van der Waals surface area contributed by atoms with E-state index in [9.17, 15) is 16.8 Å². The number of nitrogens with two attached hydrogens (primary N) is 1. The van der Waals surface area contributed by atoms with Crippen LogP contribution >= 0.6 is 11.3 Å². The summed E-state index contributed by atoms with van der Waals surface area (Å²) in [4.78, 5) is 0. The molecule has 0 fully saturated rings. The van der Waals surface area contributed by atoms with E-state index in [2.05, 4.69) is 5.32 Å². The maximum absolute atomic E-state index is 12.9. The predicted octanol–water partition coefficient (Wildman–Crippen LogP) is 0.450. The number of methoxy groups -OCH3 is 1. The first-order valence-corrected chi connectivity index (χ1v) is 12.0. The van der Waals surface area contributed by atoms with Crippen LogP contribution in [0.1, 0.15) is 31.9 Å². The molecule has 0 saturated carbocycles. The molecule has 0 spiro atoms. The van der Waals surface area contributed by atoms with Crippen molar-refractivity contribution in [1.29, 1.82) is 0 Å². The Balaban J connectivity index is 2.24. The number of thiophene rings is 1. The molecule has 0 amide bonds. The van der Waals surface area contributed by atoms with E-state index in [1.807, 2.05) is 6.92 Å². The highest BCUT2D eigenvalue weighted by Crippen LogP contribution is 2.39. The Bertz CT molecular complexity index is 821. The number of likely N-dealkylation sites (N-methyl/N-ethyl adjacent to an activating group) is 1. The lowest BCUT2D eigenvalue weighted by atomic mass is 10.1. The molecule has 0 aliphatic carbocycles. The molecule has 3 N–H and O–H groups in total. The van der Waals surface area contributed by atoms with Crippen LogP contribution in [0, 0.1) is 0 Å². The SMILES string of the molecule is CCNC1CN(CCCOC(C)OC)S(=O)(=O)c2sc(S(N)(=O)=O)cc21. The zero-order chi connectivity index (χ0) is 19.5. The Labute approximate surface area is 158 Å². The Morgan fingerprint density at radius 3 is 2.77 bits per heavy atom. The van der Waals surface area contributed by atoms with Gasteiger partial charge in [0.15, 0.2) is 6.29 Å². The molecule has 2 unspecified atom stereocenters. The number of rotatable bonds is 9. The molecule has 2 rings (SSSR count). The van der Waals surface area contributed by atoms with E-state index in [1.54, 1.807) is 6.92 Å². The second-order valence-electron chi connectivity index (χ2n) is 5.85. The number of fused-ring (bicyclic) bond motifs is 1. The van der Waals surface area contributed by atoms with Gasteiger partial charge in [-0.1, -0.05) is 6.92 Å². The first-order valence-electron chi connectivity index (χ1n) is 8.15. The first kappa shape index (κ1) is 21.7. The van der Waals surface area contributed by atoms with Gasteiger partial charge in [-0.25, -0.2) is 22.0 Å². The summed E-state index contributed by atoms with van der Waals surface area (Å²) in [5.74, 6) is 0. The van der Waals surface area contributed by atoms with Crippen molar-refractivity contribution in [3.63, 3.8) is 0 Å². The smallest absolute Gasteiger partial charge is 0.252 e. The van der Waals surface area contributed by atoms with Gasteiger partial charge in [0.1, 0.15) is 8.42 Å². The maximum atomic E-state index is 12.9. The fourth-order valence-electron chi connectivity index (χ4n) is 2.66. The van der Waals surface area contributed by atoms with Gasteiger partial charge in [0.05, 0.1) is 6.61 Å². The molecular weight excluding hydrogens is 402 g/mol. The van der Waals surface area contributed by atoms with Crippen LogP contribution in [0.4, 0.5) is 0 Å². The summed E-state index contributed by atoms with van der Waals surface area (Å²) in [6, 6.07) is 1.07. The third kappa shape index (κ3) is 4.81. The largest absolute Gasteiger partial charge is 0.356 e. The first-order chi connectivity index (χ1) is 12.1. The fraction of sp³-hybridized carbons (Fsp3) is 0.714. The van der Waals surface area contributed by atoms with Crippen LogP contribution in [0.3, 0.4) is 0 Å². The van der Waals surface area contributed by atoms with Crippen molar-refractivity contribution in [3.8, 4) is 0 Å². The molecule has 26 heavy (non-hydrogen) atoms. The summed E-state index contributed by atoms with van der Waals surface area (Å²) < 4.78 is 60.7. The highest BCUT2D eigenvalue weighted by Gasteiger charge is 2.39. The summed E-state index contributed by atoms with van der Waals surface area (Å²) in [5, 5.41) is 8.38.